The highest BCUT2D eigenvalue weighted by Crippen LogP contribution is 2.19. The molecular weight excluding hydrogens is 440 g/mol. The molecule has 2 fully saturated rings. The van der Waals surface area contributed by atoms with Crippen LogP contribution in [0.25, 0.3) is 0 Å². The minimum Gasteiger partial charge on any atom is -0.345 e. The molecule has 9 heteroatoms. The molecule has 1 saturated carbocycles. The number of anilines is 1. The van der Waals surface area contributed by atoms with Crippen LogP contribution in [0.3, 0.4) is 0 Å². The maximum atomic E-state index is 12.9. The van der Waals surface area contributed by atoms with Crippen molar-refractivity contribution in [3.05, 3.63) is 52.2 Å². The quantitative estimate of drug-likeness (QED) is 0.609. The molecule has 0 spiro atoms. The van der Waals surface area contributed by atoms with Crippen LogP contribution in [0, 0.1) is 0 Å². The average molecular weight is 469 g/mol. The summed E-state index contributed by atoms with van der Waals surface area (Å²) in [5, 5.41) is 7.61. The zero-order valence-electron chi connectivity index (χ0n) is 18.4. The summed E-state index contributed by atoms with van der Waals surface area (Å²) in [6, 6.07) is 11.1. The molecule has 2 N–H and O–H groups in total. The molecule has 2 aromatic rings. The van der Waals surface area contributed by atoms with Crippen molar-refractivity contribution in [3.63, 3.8) is 0 Å². The molecule has 1 aromatic carbocycles. The Bertz CT molecular complexity index is 1010. The molecule has 1 aromatic heterocycles. The topological polar surface area (TPSA) is 98.8 Å². The summed E-state index contributed by atoms with van der Waals surface area (Å²) in [7, 11) is 0. The molecule has 2 aliphatic rings. The second-order valence-corrected chi connectivity index (χ2v) is 9.43. The predicted octanol–water partition coefficient (Wildman–Crippen LogP) is 2.27. The Morgan fingerprint density at radius 1 is 0.970 bits per heavy atom. The van der Waals surface area contributed by atoms with Crippen molar-refractivity contribution in [1.82, 2.24) is 15.1 Å². The standard InChI is InChI=1S/C24H28N4O4S/c29-21(8-2-6-20-7-3-15-33-20)25-19-5-1-4-17(16-19)23(31)27-11-13-28(14-12-27)24(32)22(30)26-18-9-10-18/h1,3-5,7,15-16,18H,2,6,8-14H2,(H,25,29)(H,26,30). The fourth-order valence-electron chi connectivity index (χ4n) is 3.75. The van der Waals surface area contributed by atoms with Crippen LogP contribution in [0.1, 0.15) is 40.9 Å². The molecule has 8 nitrogen and oxygen atoms in total. The van der Waals surface area contributed by atoms with Gasteiger partial charge in [0.25, 0.3) is 5.91 Å². The number of thiophene rings is 1. The summed E-state index contributed by atoms with van der Waals surface area (Å²) < 4.78 is 0. The van der Waals surface area contributed by atoms with Crippen molar-refractivity contribution < 1.29 is 19.2 Å². The Kier molecular flexibility index (Phi) is 7.39. The van der Waals surface area contributed by atoms with Gasteiger partial charge in [-0.25, -0.2) is 0 Å². The molecule has 0 atom stereocenters. The van der Waals surface area contributed by atoms with Crippen molar-refractivity contribution in [2.24, 2.45) is 0 Å². The SMILES string of the molecule is O=C(CCCc1cccs1)Nc1cccc(C(=O)N2CCN(C(=O)C(=O)NC3CC3)CC2)c1. The highest BCUT2D eigenvalue weighted by atomic mass is 32.1. The van der Waals surface area contributed by atoms with E-state index >= 15 is 0 Å². The van der Waals surface area contributed by atoms with Gasteiger partial charge < -0.3 is 20.4 Å². The lowest BCUT2D eigenvalue weighted by Crippen LogP contribution is -2.54. The number of benzene rings is 1. The molecule has 33 heavy (non-hydrogen) atoms. The summed E-state index contributed by atoms with van der Waals surface area (Å²) in [5.41, 5.74) is 1.07. The molecule has 1 aliphatic heterocycles. The Labute approximate surface area is 196 Å². The van der Waals surface area contributed by atoms with E-state index in [0.717, 1.165) is 25.7 Å². The van der Waals surface area contributed by atoms with Gasteiger partial charge in [0, 0.05) is 54.8 Å². The minimum atomic E-state index is -0.559. The van der Waals surface area contributed by atoms with Crippen molar-refractivity contribution in [2.45, 2.75) is 38.1 Å². The Hall–Kier alpha value is -3.20. The summed E-state index contributed by atoms with van der Waals surface area (Å²) in [6.45, 7) is 1.37. The normalized spacial score (nSPS) is 15.8. The Morgan fingerprint density at radius 2 is 1.73 bits per heavy atom. The van der Waals surface area contributed by atoms with Gasteiger partial charge in [-0.3, -0.25) is 19.2 Å². The minimum absolute atomic E-state index is 0.0762. The lowest BCUT2D eigenvalue weighted by molar-refractivity contribution is -0.146. The third kappa shape index (κ3) is 6.41. The van der Waals surface area contributed by atoms with E-state index in [0.29, 0.717) is 43.9 Å². The van der Waals surface area contributed by atoms with Crippen LogP contribution in [0.5, 0.6) is 0 Å². The van der Waals surface area contributed by atoms with Crippen LogP contribution < -0.4 is 10.6 Å². The summed E-state index contributed by atoms with van der Waals surface area (Å²) in [4.78, 5) is 53.9. The first-order valence-corrected chi connectivity index (χ1v) is 12.2. The van der Waals surface area contributed by atoms with Gasteiger partial charge in [-0.15, -0.1) is 11.3 Å². The van der Waals surface area contributed by atoms with Crippen LogP contribution in [-0.2, 0) is 20.8 Å². The first-order chi connectivity index (χ1) is 16.0. The summed E-state index contributed by atoms with van der Waals surface area (Å²) in [6.07, 6.45) is 3.92. The first-order valence-electron chi connectivity index (χ1n) is 11.3. The largest absolute Gasteiger partial charge is 0.345 e. The van der Waals surface area contributed by atoms with Crippen molar-refractivity contribution in [3.8, 4) is 0 Å². The summed E-state index contributed by atoms with van der Waals surface area (Å²) in [5.74, 6) is -1.32. The maximum absolute atomic E-state index is 12.9. The molecule has 1 aliphatic carbocycles. The predicted molar refractivity (Wildman–Crippen MR) is 126 cm³/mol. The molecule has 4 amide bonds. The van der Waals surface area contributed by atoms with Crippen molar-refractivity contribution in [1.29, 1.82) is 0 Å². The van der Waals surface area contributed by atoms with Gasteiger partial charge in [-0.1, -0.05) is 12.1 Å². The van der Waals surface area contributed by atoms with Crippen molar-refractivity contribution in [2.75, 3.05) is 31.5 Å². The second-order valence-electron chi connectivity index (χ2n) is 8.39. The third-order valence-corrected chi connectivity index (χ3v) is 6.70. The number of piperazine rings is 1. The van der Waals surface area contributed by atoms with Crippen LogP contribution in [0.15, 0.2) is 41.8 Å². The zero-order chi connectivity index (χ0) is 23.2. The number of carbonyl (C=O) groups excluding carboxylic acids is 4. The number of carbonyl (C=O) groups is 4. The van der Waals surface area contributed by atoms with Gasteiger partial charge in [-0.2, -0.15) is 0 Å². The van der Waals surface area contributed by atoms with E-state index in [-0.39, 0.29) is 17.9 Å². The molecule has 0 radical (unpaired) electrons. The lowest BCUT2D eigenvalue weighted by atomic mass is 10.1. The fraction of sp³-hybridized carbons (Fsp3) is 0.417. The number of nitrogens with one attached hydrogen (secondary N) is 2. The number of nitrogens with zero attached hydrogens (tertiary/aromatic N) is 2. The molecular formula is C24H28N4O4S. The lowest BCUT2D eigenvalue weighted by Gasteiger charge is -2.34. The fourth-order valence-corrected chi connectivity index (χ4v) is 4.50. The van der Waals surface area contributed by atoms with Crippen LogP contribution >= 0.6 is 11.3 Å². The van der Waals surface area contributed by atoms with E-state index in [4.69, 9.17) is 0 Å². The van der Waals surface area contributed by atoms with E-state index in [1.54, 1.807) is 40.5 Å². The van der Waals surface area contributed by atoms with Crippen LogP contribution in [-0.4, -0.2) is 65.6 Å². The van der Waals surface area contributed by atoms with Gasteiger partial charge >= 0.3 is 11.8 Å². The first kappa shape index (κ1) is 23.0. The monoisotopic (exact) mass is 468 g/mol. The number of amides is 4. The van der Waals surface area contributed by atoms with Crippen molar-refractivity contribution >= 4 is 40.7 Å². The van der Waals surface area contributed by atoms with E-state index in [1.807, 2.05) is 11.4 Å². The molecule has 4 rings (SSSR count). The summed E-state index contributed by atoms with van der Waals surface area (Å²) >= 11 is 1.69. The van der Waals surface area contributed by atoms with Gasteiger partial charge in [0.2, 0.25) is 5.91 Å². The number of aryl methyl sites for hydroxylation is 1. The third-order valence-electron chi connectivity index (χ3n) is 5.76. The van der Waals surface area contributed by atoms with E-state index in [9.17, 15) is 19.2 Å². The molecule has 2 heterocycles. The molecule has 0 unspecified atom stereocenters. The smallest absolute Gasteiger partial charge is 0.312 e. The van der Waals surface area contributed by atoms with Crippen LogP contribution in [0.4, 0.5) is 5.69 Å². The molecule has 1 saturated heterocycles. The second kappa shape index (κ2) is 10.6. The zero-order valence-corrected chi connectivity index (χ0v) is 19.2. The van der Waals surface area contributed by atoms with Crippen LogP contribution in [0.2, 0.25) is 0 Å². The number of hydrogen-bond acceptors (Lipinski definition) is 5. The number of rotatable bonds is 7. The average Bonchev–Trinajstić information content (AvgIpc) is 3.49. The maximum Gasteiger partial charge on any atom is 0.312 e. The van der Waals surface area contributed by atoms with E-state index in [2.05, 4.69) is 16.7 Å². The molecule has 0 bridgehead atoms. The Morgan fingerprint density at radius 3 is 2.42 bits per heavy atom. The van der Waals surface area contributed by atoms with E-state index < -0.39 is 11.8 Å². The Balaban J connectivity index is 1.24. The number of hydrogen-bond donors (Lipinski definition) is 2. The van der Waals surface area contributed by atoms with Gasteiger partial charge in [0.1, 0.15) is 0 Å². The highest BCUT2D eigenvalue weighted by Gasteiger charge is 2.31. The van der Waals surface area contributed by atoms with Gasteiger partial charge in [0.05, 0.1) is 0 Å². The van der Waals surface area contributed by atoms with E-state index in [1.165, 1.54) is 9.78 Å². The molecule has 174 valence electrons. The highest BCUT2D eigenvalue weighted by molar-refractivity contribution is 7.09. The van der Waals surface area contributed by atoms with Gasteiger partial charge in [0.15, 0.2) is 0 Å². The van der Waals surface area contributed by atoms with Gasteiger partial charge in [-0.05, 0) is 55.3 Å².